The first-order chi connectivity index (χ1) is 10.3. The van der Waals surface area contributed by atoms with Crippen LogP contribution in [0.1, 0.15) is 31.1 Å². The number of nitrogens with zero attached hydrogens (tertiary/aromatic N) is 3. The van der Waals surface area contributed by atoms with E-state index in [0.29, 0.717) is 11.5 Å². The van der Waals surface area contributed by atoms with Crippen LogP contribution >= 0.6 is 0 Å². The minimum atomic E-state index is -0.325. The summed E-state index contributed by atoms with van der Waals surface area (Å²) < 4.78 is 19.5. The van der Waals surface area contributed by atoms with E-state index in [0.717, 1.165) is 25.4 Å². The number of aromatic nitrogens is 2. The quantitative estimate of drug-likeness (QED) is 0.866. The predicted octanol–water partition coefficient (Wildman–Crippen LogP) is 3.08. The maximum Gasteiger partial charge on any atom is 0.250 e. The van der Waals surface area contributed by atoms with Gasteiger partial charge in [0.25, 0.3) is 5.89 Å². The van der Waals surface area contributed by atoms with Crippen molar-refractivity contribution >= 4 is 0 Å². The SMILES string of the molecule is Fc1ccccc1-c1nnc([C@H]2CCN(CC3CC3)C2)o1. The van der Waals surface area contributed by atoms with Crippen molar-refractivity contribution in [3.05, 3.63) is 36.0 Å². The minimum absolute atomic E-state index is 0.281. The lowest BCUT2D eigenvalue weighted by Gasteiger charge is -2.13. The molecule has 0 bridgehead atoms. The molecule has 2 aromatic rings. The highest BCUT2D eigenvalue weighted by molar-refractivity contribution is 5.53. The smallest absolute Gasteiger partial charge is 0.250 e. The molecule has 5 heteroatoms. The number of hydrogen-bond acceptors (Lipinski definition) is 4. The third kappa shape index (κ3) is 2.70. The summed E-state index contributed by atoms with van der Waals surface area (Å²) in [6.07, 6.45) is 3.80. The van der Waals surface area contributed by atoms with Gasteiger partial charge in [-0.05, 0) is 43.9 Å². The van der Waals surface area contributed by atoms with E-state index in [1.807, 2.05) is 0 Å². The second-order valence-corrected chi connectivity index (χ2v) is 6.11. The molecule has 4 rings (SSSR count). The lowest BCUT2D eigenvalue weighted by atomic mass is 10.1. The van der Waals surface area contributed by atoms with E-state index in [1.54, 1.807) is 18.2 Å². The van der Waals surface area contributed by atoms with Gasteiger partial charge in [0.05, 0.1) is 11.5 Å². The molecular formula is C16H18FN3O. The molecule has 1 aliphatic carbocycles. The summed E-state index contributed by atoms with van der Waals surface area (Å²) in [7, 11) is 0. The van der Waals surface area contributed by atoms with Crippen molar-refractivity contribution in [2.75, 3.05) is 19.6 Å². The van der Waals surface area contributed by atoms with E-state index >= 15 is 0 Å². The fourth-order valence-electron chi connectivity index (χ4n) is 3.01. The molecule has 110 valence electrons. The Hall–Kier alpha value is -1.75. The van der Waals surface area contributed by atoms with Gasteiger partial charge < -0.3 is 9.32 Å². The Bertz CT molecular complexity index is 638. The summed E-state index contributed by atoms with van der Waals surface area (Å²) in [5.74, 6) is 1.79. The van der Waals surface area contributed by atoms with E-state index in [-0.39, 0.29) is 17.6 Å². The largest absolute Gasteiger partial charge is 0.420 e. The molecule has 21 heavy (non-hydrogen) atoms. The Labute approximate surface area is 123 Å². The summed E-state index contributed by atoms with van der Waals surface area (Å²) in [5.41, 5.74) is 0.379. The third-order valence-corrected chi connectivity index (χ3v) is 4.38. The third-order valence-electron chi connectivity index (χ3n) is 4.38. The Kier molecular flexibility index (Phi) is 3.22. The standard InChI is InChI=1S/C16H18FN3O/c17-14-4-2-1-3-13(14)16-19-18-15(21-16)12-7-8-20(10-12)9-11-5-6-11/h1-4,11-12H,5-10H2/t12-/m0/s1. The highest BCUT2D eigenvalue weighted by Gasteiger charge is 2.32. The highest BCUT2D eigenvalue weighted by Crippen LogP contribution is 2.34. The number of hydrogen-bond donors (Lipinski definition) is 0. The average Bonchev–Trinajstić information content (AvgIpc) is 2.99. The van der Waals surface area contributed by atoms with Gasteiger partial charge in [0.15, 0.2) is 0 Å². The zero-order valence-corrected chi connectivity index (χ0v) is 11.8. The van der Waals surface area contributed by atoms with Gasteiger partial charge in [-0.25, -0.2) is 4.39 Å². The first-order valence-electron chi connectivity index (χ1n) is 7.60. The molecule has 1 saturated heterocycles. The van der Waals surface area contributed by atoms with Crippen molar-refractivity contribution < 1.29 is 8.81 Å². The van der Waals surface area contributed by atoms with Crippen molar-refractivity contribution in [3.8, 4) is 11.5 Å². The van der Waals surface area contributed by atoms with Crippen LogP contribution in [0.3, 0.4) is 0 Å². The van der Waals surface area contributed by atoms with Crippen molar-refractivity contribution in [2.24, 2.45) is 5.92 Å². The molecule has 0 radical (unpaired) electrons. The zero-order chi connectivity index (χ0) is 14.2. The molecule has 1 aliphatic heterocycles. The first kappa shape index (κ1) is 13.0. The zero-order valence-electron chi connectivity index (χ0n) is 11.8. The van der Waals surface area contributed by atoms with Crippen molar-refractivity contribution in [2.45, 2.75) is 25.2 Å². The van der Waals surface area contributed by atoms with Crippen molar-refractivity contribution in [1.29, 1.82) is 0 Å². The lowest BCUT2D eigenvalue weighted by molar-refractivity contribution is 0.314. The van der Waals surface area contributed by atoms with Gasteiger partial charge in [0.1, 0.15) is 5.82 Å². The van der Waals surface area contributed by atoms with Gasteiger partial charge in [-0.1, -0.05) is 12.1 Å². The van der Waals surface area contributed by atoms with Crippen LogP contribution < -0.4 is 0 Å². The summed E-state index contributed by atoms with van der Waals surface area (Å²) in [4.78, 5) is 2.48. The molecule has 1 aromatic heterocycles. The molecule has 2 heterocycles. The van der Waals surface area contributed by atoms with Crippen LogP contribution in [0.5, 0.6) is 0 Å². The summed E-state index contributed by atoms with van der Waals surface area (Å²) in [6.45, 7) is 3.28. The maximum absolute atomic E-state index is 13.7. The van der Waals surface area contributed by atoms with Crippen LogP contribution in [0.15, 0.2) is 28.7 Å². The van der Waals surface area contributed by atoms with Gasteiger partial charge in [-0.15, -0.1) is 10.2 Å². The lowest BCUT2D eigenvalue weighted by Crippen LogP contribution is -2.22. The molecule has 1 saturated carbocycles. The van der Waals surface area contributed by atoms with E-state index < -0.39 is 0 Å². The van der Waals surface area contributed by atoms with Crippen molar-refractivity contribution in [3.63, 3.8) is 0 Å². The van der Waals surface area contributed by atoms with Crippen LogP contribution in [0.2, 0.25) is 0 Å². The second-order valence-electron chi connectivity index (χ2n) is 6.11. The van der Waals surface area contributed by atoms with Crippen LogP contribution in [-0.4, -0.2) is 34.7 Å². The van der Waals surface area contributed by atoms with Crippen LogP contribution in [0, 0.1) is 11.7 Å². The molecule has 0 unspecified atom stereocenters. The Morgan fingerprint density at radius 3 is 2.86 bits per heavy atom. The molecule has 1 atom stereocenters. The van der Waals surface area contributed by atoms with E-state index in [9.17, 15) is 4.39 Å². The normalized spacial score (nSPS) is 22.8. The number of benzene rings is 1. The Morgan fingerprint density at radius 2 is 2.05 bits per heavy atom. The Balaban J connectivity index is 1.48. The summed E-state index contributed by atoms with van der Waals surface area (Å²) >= 11 is 0. The topological polar surface area (TPSA) is 42.2 Å². The fourth-order valence-corrected chi connectivity index (χ4v) is 3.01. The van der Waals surface area contributed by atoms with E-state index in [2.05, 4.69) is 15.1 Å². The average molecular weight is 287 g/mol. The predicted molar refractivity (Wildman–Crippen MR) is 76.2 cm³/mol. The van der Waals surface area contributed by atoms with E-state index in [1.165, 1.54) is 25.5 Å². The monoisotopic (exact) mass is 287 g/mol. The van der Waals surface area contributed by atoms with Crippen molar-refractivity contribution in [1.82, 2.24) is 15.1 Å². The highest BCUT2D eigenvalue weighted by atomic mass is 19.1. The molecule has 0 N–H and O–H groups in total. The van der Waals surface area contributed by atoms with Crippen LogP contribution in [0.4, 0.5) is 4.39 Å². The molecule has 0 spiro atoms. The molecule has 2 aliphatic rings. The molecular weight excluding hydrogens is 269 g/mol. The number of halogens is 1. The van der Waals surface area contributed by atoms with Gasteiger partial charge in [0, 0.05) is 13.1 Å². The van der Waals surface area contributed by atoms with Crippen LogP contribution in [-0.2, 0) is 0 Å². The molecule has 1 aromatic carbocycles. The van der Waals surface area contributed by atoms with Gasteiger partial charge in [-0.2, -0.15) is 0 Å². The fraction of sp³-hybridized carbons (Fsp3) is 0.500. The van der Waals surface area contributed by atoms with Crippen LogP contribution in [0.25, 0.3) is 11.5 Å². The minimum Gasteiger partial charge on any atom is -0.420 e. The molecule has 0 amide bonds. The number of likely N-dealkylation sites (tertiary alicyclic amines) is 1. The van der Waals surface area contributed by atoms with Gasteiger partial charge in [0.2, 0.25) is 5.89 Å². The molecule has 2 fully saturated rings. The maximum atomic E-state index is 13.7. The van der Waals surface area contributed by atoms with Gasteiger partial charge in [-0.3, -0.25) is 0 Å². The second kappa shape index (κ2) is 5.22. The molecule has 4 nitrogen and oxygen atoms in total. The summed E-state index contributed by atoms with van der Waals surface area (Å²) in [6, 6.07) is 6.50. The van der Waals surface area contributed by atoms with Gasteiger partial charge >= 0.3 is 0 Å². The first-order valence-corrected chi connectivity index (χ1v) is 7.60. The Morgan fingerprint density at radius 1 is 1.19 bits per heavy atom. The number of rotatable bonds is 4. The summed E-state index contributed by atoms with van der Waals surface area (Å²) in [5, 5.41) is 8.15. The van der Waals surface area contributed by atoms with E-state index in [4.69, 9.17) is 4.42 Å².